The Hall–Kier alpha value is -1.35. The lowest BCUT2D eigenvalue weighted by Gasteiger charge is -2.19. The van der Waals surface area contributed by atoms with Gasteiger partial charge in [0.2, 0.25) is 0 Å². The van der Waals surface area contributed by atoms with Crippen molar-refractivity contribution in [1.82, 2.24) is 5.32 Å². The molecule has 0 fully saturated rings. The van der Waals surface area contributed by atoms with Gasteiger partial charge in [0, 0.05) is 23.8 Å². The fourth-order valence-electron chi connectivity index (χ4n) is 2.44. The first-order chi connectivity index (χ1) is 8.61. The average Bonchev–Trinajstić information content (AvgIpc) is 2.81. The van der Waals surface area contributed by atoms with Crippen molar-refractivity contribution in [3.05, 3.63) is 29.3 Å². The largest absolute Gasteiger partial charge is 0.384 e. The minimum atomic E-state index is -0.0718. The highest BCUT2D eigenvalue weighted by Gasteiger charge is 2.20. The molecule has 1 atom stereocenters. The number of ketones is 1. The fraction of sp³-hybridized carbons (Fsp3) is 0.533. The van der Waals surface area contributed by atoms with Crippen LogP contribution in [-0.4, -0.2) is 24.4 Å². The minimum Gasteiger partial charge on any atom is -0.384 e. The summed E-state index contributed by atoms with van der Waals surface area (Å²) >= 11 is 0. The molecule has 98 valence electrons. The smallest absolute Gasteiger partial charge is 0.179 e. The van der Waals surface area contributed by atoms with E-state index in [-0.39, 0.29) is 11.8 Å². The van der Waals surface area contributed by atoms with Crippen LogP contribution in [0.1, 0.15) is 43.1 Å². The van der Waals surface area contributed by atoms with Gasteiger partial charge in [0.1, 0.15) is 0 Å². The van der Waals surface area contributed by atoms with E-state index in [9.17, 15) is 4.79 Å². The highest BCUT2D eigenvalue weighted by Crippen LogP contribution is 2.23. The highest BCUT2D eigenvalue weighted by atomic mass is 16.1. The third kappa shape index (κ3) is 2.72. The summed E-state index contributed by atoms with van der Waals surface area (Å²) in [6, 6.07) is 6.26. The van der Waals surface area contributed by atoms with Gasteiger partial charge in [-0.05, 0) is 36.6 Å². The van der Waals surface area contributed by atoms with Crippen LogP contribution in [0.4, 0.5) is 5.69 Å². The van der Waals surface area contributed by atoms with Crippen molar-refractivity contribution in [1.29, 1.82) is 0 Å². The molecule has 1 aliphatic heterocycles. The first-order valence-electron chi connectivity index (χ1n) is 6.79. The molecule has 0 bridgehead atoms. The molecule has 2 rings (SSSR count). The second kappa shape index (κ2) is 5.53. The minimum absolute atomic E-state index is 0.0718. The standard InChI is InChI=1S/C15H22N2O/c1-4-13(17-10(2)3)15(18)12-5-6-14-11(9-12)7-8-16-14/h5-6,9-10,13,16-17H,4,7-8H2,1-3H3. The zero-order valence-corrected chi connectivity index (χ0v) is 11.4. The van der Waals surface area contributed by atoms with Crippen LogP contribution < -0.4 is 10.6 Å². The number of rotatable bonds is 5. The number of fused-ring (bicyclic) bond motifs is 1. The Kier molecular flexibility index (Phi) is 4.02. The molecule has 18 heavy (non-hydrogen) atoms. The van der Waals surface area contributed by atoms with Crippen LogP contribution in [0, 0.1) is 0 Å². The number of Topliss-reactive ketones (excluding diaryl/α,β-unsaturated/α-hetero) is 1. The molecule has 3 nitrogen and oxygen atoms in total. The molecule has 1 aromatic carbocycles. The Morgan fingerprint density at radius 1 is 1.44 bits per heavy atom. The van der Waals surface area contributed by atoms with Gasteiger partial charge >= 0.3 is 0 Å². The zero-order valence-electron chi connectivity index (χ0n) is 11.4. The highest BCUT2D eigenvalue weighted by molar-refractivity contribution is 6.00. The Morgan fingerprint density at radius 3 is 2.89 bits per heavy atom. The lowest BCUT2D eigenvalue weighted by atomic mass is 9.99. The van der Waals surface area contributed by atoms with Crippen LogP contribution in [0.3, 0.4) is 0 Å². The van der Waals surface area contributed by atoms with E-state index in [2.05, 4.69) is 24.5 Å². The molecule has 1 aliphatic rings. The summed E-state index contributed by atoms with van der Waals surface area (Å²) in [5, 5.41) is 6.65. The number of carbonyl (C=O) groups excluding carboxylic acids is 1. The molecule has 0 saturated heterocycles. The van der Waals surface area contributed by atoms with Gasteiger partial charge in [0.05, 0.1) is 6.04 Å². The van der Waals surface area contributed by atoms with Crippen LogP contribution in [0.5, 0.6) is 0 Å². The summed E-state index contributed by atoms with van der Waals surface area (Å²) in [6.07, 6.45) is 1.84. The molecule has 0 radical (unpaired) electrons. The van der Waals surface area contributed by atoms with Crippen LogP contribution in [0.2, 0.25) is 0 Å². The molecular weight excluding hydrogens is 224 g/mol. The first-order valence-corrected chi connectivity index (χ1v) is 6.79. The first kappa shape index (κ1) is 13.1. The Labute approximate surface area is 109 Å². The summed E-state index contributed by atoms with van der Waals surface area (Å²) in [6.45, 7) is 7.17. The average molecular weight is 246 g/mol. The molecule has 1 aromatic rings. The second-order valence-electron chi connectivity index (χ2n) is 5.20. The van der Waals surface area contributed by atoms with E-state index in [0.717, 1.165) is 24.9 Å². The number of carbonyl (C=O) groups is 1. The monoisotopic (exact) mass is 246 g/mol. The SMILES string of the molecule is CCC(NC(C)C)C(=O)c1ccc2c(c1)CCN2. The van der Waals surface area contributed by atoms with E-state index in [0.29, 0.717) is 6.04 Å². The van der Waals surface area contributed by atoms with E-state index in [1.165, 1.54) is 11.3 Å². The number of anilines is 1. The summed E-state index contributed by atoms with van der Waals surface area (Å²) in [4.78, 5) is 12.4. The van der Waals surface area contributed by atoms with Gasteiger partial charge in [-0.25, -0.2) is 0 Å². The van der Waals surface area contributed by atoms with E-state index in [1.807, 2.05) is 25.1 Å². The maximum absolute atomic E-state index is 12.4. The number of hydrogen-bond donors (Lipinski definition) is 2. The molecule has 1 heterocycles. The van der Waals surface area contributed by atoms with Gasteiger partial charge in [-0.1, -0.05) is 20.8 Å². The molecule has 0 aromatic heterocycles. The second-order valence-corrected chi connectivity index (χ2v) is 5.20. The van der Waals surface area contributed by atoms with Crippen LogP contribution >= 0.6 is 0 Å². The molecular formula is C15H22N2O. The maximum Gasteiger partial charge on any atom is 0.179 e. The Morgan fingerprint density at radius 2 is 2.22 bits per heavy atom. The van der Waals surface area contributed by atoms with Gasteiger partial charge < -0.3 is 10.6 Å². The van der Waals surface area contributed by atoms with E-state index >= 15 is 0 Å². The molecule has 0 aliphatic carbocycles. The van der Waals surface area contributed by atoms with Crippen LogP contribution in [0.25, 0.3) is 0 Å². The maximum atomic E-state index is 12.4. The molecule has 0 saturated carbocycles. The van der Waals surface area contributed by atoms with Crippen molar-refractivity contribution >= 4 is 11.5 Å². The summed E-state index contributed by atoms with van der Waals surface area (Å²) < 4.78 is 0. The summed E-state index contributed by atoms with van der Waals surface area (Å²) in [7, 11) is 0. The van der Waals surface area contributed by atoms with Crippen molar-refractivity contribution in [3.8, 4) is 0 Å². The quantitative estimate of drug-likeness (QED) is 0.785. The Balaban J connectivity index is 2.17. The van der Waals surface area contributed by atoms with Crippen molar-refractivity contribution in [2.24, 2.45) is 0 Å². The van der Waals surface area contributed by atoms with Gasteiger partial charge in [-0.15, -0.1) is 0 Å². The summed E-state index contributed by atoms with van der Waals surface area (Å²) in [5.74, 6) is 0.209. The van der Waals surface area contributed by atoms with Crippen molar-refractivity contribution < 1.29 is 4.79 Å². The number of hydrogen-bond acceptors (Lipinski definition) is 3. The number of nitrogens with one attached hydrogen (secondary N) is 2. The normalized spacial score (nSPS) is 15.3. The molecule has 0 amide bonds. The Bertz CT molecular complexity index is 440. The zero-order chi connectivity index (χ0) is 13.1. The lowest BCUT2D eigenvalue weighted by Crippen LogP contribution is -2.40. The van der Waals surface area contributed by atoms with Gasteiger partial charge in [0.25, 0.3) is 0 Å². The topological polar surface area (TPSA) is 41.1 Å². The predicted octanol–water partition coefficient (Wildman–Crippen LogP) is 2.61. The van der Waals surface area contributed by atoms with E-state index in [1.54, 1.807) is 0 Å². The third-order valence-electron chi connectivity index (χ3n) is 3.36. The molecule has 0 spiro atoms. The van der Waals surface area contributed by atoms with Crippen LogP contribution in [-0.2, 0) is 6.42 Å². The molecule has 2 N–H and O–H groups in total. The number of benzene rings is 1. The van der Waals surface area contributed by atoms with E-state index in [4.69, 9.17) is 0 Å². The fourth-order valence-corrected chi connectivity index (χ4v) is 2.44. The van der Waals surface area contributed by atoms with Crippen LogP contribution in [0.15, 0.2) is 18.2 Å². The van der Waals surface area contributed by atoms with Crippen molar-refractivity contribution in [2.45, 2.75) is 45.7 Å². The van der Waals surface area contributed by atoms with Gasteiger partial charge in [-0.3, -0.25) is 4.79 Å². The predicted molar refractivity (Wildman–Crippen MR) is 75.3 cm³/mol. The van der Waals surface area contributed by atoms with Gasteiger partial charge in [0.15, 0.2) is 5.78 Å². The van der Waals surface area contributed by atoms with Crippen molar-refractivity contribution in [3.63, 3.8) is 0 Å². The van der Waals surface area contributed by atoms with Gasteiger partial charge in [-0.2, -0.15) is 0 Å². The molecule has 3 heteroatoms. The molecule has 1 unspecified atom stereocenters. The van der Waals surface area contributed by atoms with E-state index < -0.39 is 0 Å². The van der Waals surface area contributed by atoms with Crippen molar-refractivity contribution in [2.75, 3.05) is 11.9 Å². The third-order valence-corrected chi connectivity index (χ3v) is 3.36. The summed E-state index contributed by atoms with van der Waals surface area (Å²) in [5.41, 5.74) is 3.27. The lowest BCUT2D eigenvalue weighted by molar-refractivity contribution is 0.0935.